The largest absolute Gasteiger partial charge is 0.338 e. The SMILES string of the molecule is O=S(=O)(NCCCCc1nn[nH]n1)c1cc(-c2ncc(-c3ccc(Br)c(F)c3)[nH]2)ccc1Cl. The molecule has 0 aliphatic carbocycles. The van der Waals surface area contributed by atoms with Crippen molar-refractivity contribution in [3.8, 4) is 22.6 Å². The van der Waals surface area contributed by atoms with Crippen molar-refractivity contribution >= 4 is 37.6 Å². The third-order valence-electron chi connectivity index (χ3n) is 4.81. The number of H-pyrrole nitrogens is 2. The maximum Gasteiger partial charge on any atom is 0.242 e. The van der Waals surface area contributed by atoms with Crippen LogP contribution in [-0.2, 0) is 16.4 Å². The Morgan fingerprint density at radius 2 is 1.94 bits per heavy atom. The standard InChI is InChI=1S/C20H18BrClFN7O2S/c21-14-6-4-12(9-16(14)23)17-11-24-20(26-17)13-5-7-15(22)18(10-13)33(31,32)25-8-2-1-3-19-27-29-30-28-19/h4-7,9-11,25H,1-3,8H2,(H,24,26)(H,27,28,29,30). The molecule has 0 fully saturated rings. The molecule has 0 unspecified atom stereocenters. The maximum absolute atomic E-state index is 13.9. The van der Waals surface area contributed by atoms with Gasteiger partial charge in [0.2, 0.25) is 10.0 Å². The van der Waals surface area contributed by atoms with Crippen LogP contribution in [0, 0.1) is 5.82 Å². The van der Waals surface area contributed by atoms with E-state index in [1.54, 1.807) is 24.4 Å². The zero-order valence-corrected chi connectivity index (χ0v) is 20.2. The maximum atomic E-state index is 13.9. The van der Waals surface area contributed by atoms with E-state index in [1.807, 2.05) is 0 Å². The number of aromatic nitrogens is 6. The van der Waals surface area contributed by atoms with Crippen LogP contribution in [0.25, 0.3) is 22.6 Å². The number of sulfonamides is 1. The summed E-state index contributed by atoms with van der Waals surface area (Å²) in [5.74, 6) is 0.616. The molecule has 2 heterocycles. The van der Waals surface area contributed by atoms with Crippen molar-refractivity contribution in [2.45, 2.75) is 24.2 Å². The molecule has 2 aromatic carbocycles. The molecular formula is C20H18BrClFN7O2S. The third kappa shape index (κ3) is 5.64. The number of benzene rings is 2. The van der Waals surface area contributed by atoms with E-state index in [2.05, 4.69) is 51.2 Å². The summed E-state index contributed by atoms with van der Waals surface area (Å²) < 4.78 is 42.4. The summed E-state index contributed by atoms with van der Waals surface area (Å²) in [5, 5.41) is 13.7. The molecule has 0 bridgehead atoms. The zero-order chi connectivity index (χ0) is 23.4. The summed E-state index contributed by atoms with van der Waals surface area (Å²) in [5.41, 5.74) is 1.73. The second-order valence-electron chi connectivity index (χ2n) is 7.10. The second-order valence-corrected chi connectivity index (χ2v) is 10.1. The fourth-order valence-corrected chi connectivity index (χ4v) is 4.96. The number of imidazole rings is 1. The third-order valence-corrected chi connectivity index (χ3v) is 7.39. The fraction of sp³-hybridized carbons (Fsp3) is 0.200. The minimum atomic E-state index is -3.84. The van der Waals surface area contributed by atoms with Crippen molar-refractivity contribution in [2.24, 2.45) is 0 Å². The van der Waals surface area contributed by atoms with Crippen LogP contribution in [0.5, 0.6) is 0 Å². The first-order valence-corrected chi connectivity index (χ1v) is 12.5. The molecule has 13 heteroatoms. The lowest BCUT2D eigenvalue weighted by Crippen LogP contribution is -2.25. The zero-order valence-electron chi connectivity index (χ0n) is 17.0. The van der Waals surface area contributed by atoms with Gasteiger partial charge in [-0.15, -0.1) is 10.2 Å². The Morgan fingerprint density at radius 3 is 2.70 bits per heavy atom. The highest BCUT2D eigenvalue weighted by atomic mass is 79.9. The number of halogens is 3. The molecule has 0 saturated heterocycles. The molecule has 172 valence electrons. The van der Waals surface area contributed by atoms with E-state index in [0.29, 0.717) is 52.2 Å². The van der Waals surface area contributed by atoms with Gasteiger partial charge >= 0.3 is 0 Å². The number of aryl methyl sites for hydroxylation is 1. The molecule has 2 aromatic heterocycles. The summed E-state index contributed by atoms with van der Waals surface area (Å²) >= 11 is 9.31. The molecule has 0 saturated carbocycles. The fourth-order valence-electron chi connectivity index (χ4n) is 3.12. The summed E-state index contributed by atoms with van der Waals surface area (Å²) in [6.45, 7) is 0.237. The molecule has 0 amide bonds. The highest BCUT2D eigenvalue weighted by molar-refractivity contribution is 9.10. The number of nitrogens with one attached hydrogen (secondary N) is 3. The smallest absolute Gasteiger partial charge is 0.242 e. The van der Waals surface area contributed by atoms with Gasteiger partial charge < -0.3 is 4.98 Å². The Hall–Kier alpha value is -2.67. The van der Waals surface area contributed by atoms with E-state index >= 15 is 0 Å². The number of unbranched alkanes of at least 4 members (excludes halogenated alkanes) is 1. The van der Waals surface area contributed by atoms with Crippen LogP contribution in [0.15, 0.2) is 52.0 Å². The first-order valence-electron chi connectivity index (χ1n) is 9.86. The van der Waals surface area contributed by atoms with Crippen molar-refractivity contribution < 1.29 is 12.8 Å². The lowest BCUT2D eigenvalue weighted by molar-refractivity contribution is 0.576. The Bertz CT molecular complexity index is 1360. The topological polar surface area (TPSA) is 129 Å². The van der Waals surface area contributed by atoms with E-state index in [0.717, 1.165) is 0 Å². The Kier molecular flexibility index (Phi) is 7.17. The van der Waals surface area contributed by atoms with Crippen LogP contribution in [-0.4, -0.2) is 45.6 Å². The van der Waals surface area contributed by atoms with Gasteiger partial charge in [0.25, 0.3) is 0 Å². The van der Waals surface area contributed by atoms with Crippen LogP contribution in [0.3, 0.4) is 0 Å². The molecule has 33 heavy (non-hydrogen) atoms. The van der Waals surface area contributed by atoms with Gasteiger partial charge in [-0.3, -0.25) is 0 Å². The van der Waals surface area contributed by atoms with Crippen molar-refractivity contribution in [3.05, 3.63) is 63.7 Å². The molecule has 9 nitrogen and oxygen atoms in total. The number of tetrazole rings is 1. The van der Waals surface area contributed by atoms with Crippen LogP contribution < -0.4 is 4.72 Å². The summed E-state index contributed by atoms with van der Waals surface area (Å²) in [6, 6.07) is 9.34. The van der Waals surface area contributed by atoms with Gasteiger partial charge in [0.15, 0.2) is 5.82 Å². The van der Waals surface area contributed by atoms with E-state index in [4.69, 9.17) is 11.6 Å². The van der Waals surface area contributed by atoms with Crippen molar-refractivity contribution in [1.29, 1.82) is 0 Å². The number of hydrogen-bond donors (Lipinski definition) is 3. The van der Waals surface area contributed by atoms with Crippen LogP contribution in [0.1, 0.15) is 18.7 Å². The molecule has 0 aliphatic rings. The first-order chi connectivity index (χ1) is 15.8. The summed E-state index contributed by atoms with van der Waals surface area (Å²) in [4.78, 5) is 7.36. The van der Waals surface area contributed by atoms with E-state index < -0.39 is 15.8 Å². The normalized spacial score (nSPS) is 11.7. The lowest BCUT2D eigenvalue weighted by Gasteiger charge is -2.09. The van der Waals surface area contributed by atoms with Crippen LogP contribution in [0.2, 0.25) is 5.02 Å². The lowest BCUT2D eigenvalue weighted by atomic mass is 10.2. The van der Waals surface area contributed by atoms with Gasteiger partial charge in [-0.1, -0.05) is 22.9 Å². The predicted molar refractivity (Wildman–Crippen MR) is 124 cm³/mol. The highest BCUT2D eigenvalue weighted by Gasteiger charge is 2.19. The molecule has 0 radical (unpaired) electrons. The van der Waals surface area contributed by atoms with Crippen molar-refractivity contribution in [1.82, 2.24) is 35.3 Å². The van der Waals surface area contributed by atoms with Gasteiger partial charge in [-0.05, 0) is 59.1 Å². The Balaban J connectivity index is 1.47. The average Bonchev–Trinajstić information content (AvgIpc) is 3.48. The number of hydrogen-bond acceptors (Lipinski definition) is 6. The highest BCUT2D eigenvalue weighted by Crippen LogP contribution is 2.29. The van der Waals surface area contributed by atoms with Gasteiger partial charge in [-0.25, -0.2) is 22.5 Å². The van der Waals surface area contributed by atoms with E-state index in [1.165, 1.54) is 18.2 Å². The van der Waals surface area contributed by atoms with Gasteiger partial charge in [0.05, 0.1) is 21.4 Å². The molecule has 0 spiro atoms. The minimum absolute atomic E-state index is 0.0486. The van der Waals surface area contributed by atoms with Crippen molar-refractivity contribution in [2.75, 3.05) is 6.54 Å². The molecule has 4 aromatic rings. The number of nitrogens with zero attached hydrogens (tertiary/aromatic N) is 4. The average molecular weight is 555 g/mol. The monoisotopic (exact) mass is 553 g/mol. The number of aromatic amines is 2. The predicted octanol–water partition coefficient (Wildman–Crippen LogP) is 4.11. The quantitative estimate of drug-likeness (QED) is 0.267. The minimum Gasteiger partial charge on any atom is -0.338 e. The molecule has 0 atom stereocenters. The second kappa shape index (κ2) is 10.1. The molecule has 3 N–H and O–H groups in total. The summed E-state index contributed by atoms with van der Waals surface area (Å²) in [6.07, 6.45) is 3.44. The van der Waals surface area contributed by atoms with Gasteiger partial charge in [-0.2, -0.15) is 5.21 Å². The Morgan fingerprint density at radius 1 is 1.12 bits per heavy atom. The van der Waals surface area contributed by atoms with Gasteiger partial charge in [0, 0.05) is 24.1 Å². The van der Waals surface area contributed by atoms with E-state index in [-0.39, 0.29) is 16.5 Å². The van der Waals surface area contributed by atoms with Crippen molar-refractivity contribution in [3.63, 3.8) is 0 Å². The van der Waals surface area contributed by atoms with Crippen LogP contribution >= 0.6 is 27.5 Å². The van der Waals surface area contributed by atoms with Gasteiger partial charge in [0.1, 0.15) is 16.5 Å². The molecular weight excluding hydrogens is 537 g/mol. The van der Waals surface area contributed by atoms with E-state index in [9.17, 15) is 12.8 Å². The summed E-state index contributed by atoms with van der Waals surface area (Å²) in [7, 11) is -3.84. The van der Waals surface area contributed by atoms with Crippen LogP contribution in [0.4, 0.5) is 4.39 Å². The molecule has 4 rings (SSSR count). The Labute approximate surface area is 202 Å². The molecule has 0 aliphatic heterocycles. The first kappa shape index (κ1) is 23.5. The number of rotatable bonds is 9.